The third-order valence-corrected chi connectivity index (χ3v) is 25.1. The molecule has 4 heterocycles. The molecule has 10 nitrogen and oxygen atoms in total. The van der Waals surface area contributed by atoms with Crippen molar-refractivity contribution in [2.24, 2.45) is 0 Å². The van der Waals surface area contributed by atoms with Gasteiger partial charge in [-0.25, -0.2) is 19.9 Å². The maximum atomic E-state index is 13.9. The fourth-order valence-corrected chi connectivity index (χ4v) is 20.1. The highest BCUT2D eigenvalue weighted by Crippen LogP contribution is 2.64. The Morgan fingerprint density at radius 1 is 0.388 bits per heavy atom. The molecular formula is C89H60N8O2S4. The lowest BCUT2D eigenvalue weighted by atomic mass is 9.65. The maximum Gasteiger partial charge on any atom is 0.194 e. The number of rotatable bonds is 15. The summed E-state index contributed by atoms with van der Waals surface area (Å²) >= 11 is 6.23. The first-order chi connectivity index (χ1) is 50.3. The number of allylic oxidation sites excluding steroid dienone is 7. The van der Waals surface area contributed by atoms with Gasteiger partial charge in [0, 0.05) is 44.5 Å². The Morgan fingerprint density at radius 2 is 0.777 bits per heavy atom. The zero-order valence-corrected chi connectivity index (χ0v) is 59.9. The number of Topliss-reactive ketones (excluding diaryl/α,β-unsaturated/α-hetero) is 2. The van der Waals surface area contributed by atoms with E-state index in [-0.39, 0.29) is 28.3 Å². The number of benzene rings is 9. The van der Waals surface area contributed by atoms with Crippen molar-refractivity contribution in [2.75, 3.05) is 0 Å². The predicted molar refractivity (Wildman–Crippen MR) is 414 cm³/mol. The van der Waals surface area contributed by atoms with Gasteiger partial charge in [0.15, 0.2) is 30.9 Å². The highest BCUT2D eigenvalue weighted by atomic mass is 32.1. The number of thiazole rings is 4. The average molecular weight is 1400 g/mol. The summed E-state index contributed by atoms with van der Waals surface area (Å²) in [5, 5.41) is 42.9. The van der Waals surface area contributed by atoms with Gasteiger partial charge in [0.05, 0.1) is 15.8 Å². The molecule has 0 unspecified atom stereocenters. The van der Waals surface area contributed by atoms with E-state index in [0.29, 0.717) is 50.4 Å². The van der Waals surface area contributed by atoms with Crippen molar-refractivity contribution in [1.29, 1.82) is 21.0 Å². The molecule has 0 spiro atoms. The number of hydrogen-bond acceptors (Lipinski definition) is 14. The van der Waals surface area contributed by atoms with E-state index in [4.69, 9.17) is 19.9 Å². The molecule has 0 saturated carbocycles. The summed E-state index contributed by atoms with van der Waals surface area (Å²) in [5.74, 6) is -0.371. The van der Waals surface area contributed by atoms with Crippen LogP contribution in [0.1, 0.15) is 147 Å². The second-order valence-electron chi connectivity index (χ2n) is 27.0. The average Bonchev–Trinajstić information content (AvgIpc) is 1.51. The first-order valence-electron chi connectivity index (χ1n) is 34.4. The summed E-state index contributed by atoms with van der Waals surface area (Å²) < 4.78 is 0. The van der Waals surface area contributed by atoms with Crippen LogP contribution in [0, 0.1) is 73.0 Å². The van der Waals surface area contributed by atoms with Gasteiger partial charge in [-0.15, -0.1) is 0 Å². The second-order valence-corrected chi connectivity index (χ2v) is 31.1. The topological polar surface area (TPSA) is 181 Å². The quantitative estimate of drug-likeness (QED) is 0.0544. The van der Waals surface area contributed by atoms with E-state index in [2.05, 4.69) is 173 Å². The summed E-state index contributed by atoms with van der Waals surface area (Å²) in [6, 6.07) is 77.7. The first kappa shape index (κ1) is 64.6. The molecular weight excluding hydrogens is 1340 g/mol. The first-order valence-corrected chi connectivity index (χ1v) is 37.7. The van der Waals surface area contributed by atoms with Crippen molar-refractivity contribution < 1.29 is 9.59 Å². The highest BCUT2D eigenvalue weighted by molar-refractivity contribution is 7.28. The molecule has 0 N–H and O–H groups in total. The minimum absolute atomic E-state index is 0.0280. The Hall–Kier alpha value is -11.7. The van der Waals surface area contributed by atoms with Crippen LogP contribution in [0.15, 0.2) is 222 Å². The van der Waals surface area contributed by atoms with Crippen LogP contribution in [0.2, 0.25) is 0 Å². The van der Waals surface area contributed by atoms with Gasteiger partial charge in [-0.1, -0.05) is 263 Å². The Kier molecular flexibility index (Phi) is 16.1. The number of nitriles is 4. The molecule has 103 heavy (non-hydrogen) atoms. The molecule has 9 aromatic carbocycles. The fraction of sp³-hybridized carbons (Fsp3) is 0.146. The monoisotopic (exact) mass is 1400 g/mol. The van der Waals surface area contributed by atoms with Crippen LogP contribution in [-0.2, 0) is 17.3 Å². The molecule has 0 aliphatic heterocycles. The van der Waals surface area contributed by atoms with Gasteiger partial charge in [0.2, 0.25) is 0 Å². The number of aromatic nitrogens is 4. The van der Waals surface area contributed by atoms with E-state index in [1.54, 1.807) is 59.1 Å². The van der Waals surface area contributed by atoms with Crippen LogP contribution < -0.4 is 0 Å². The molecule has 0 amide bonds. The number of unbranched alkanes of at least 4 members (excludes halogenated alkanes) is 5. The van der Waals surface area contributed by atoms with Crippen LogP contribution in [-0.4, -0.2) is 31.5 Å². The summed E-state index contributed by atoms with van der Waals surface area (Å²) in [7, 11) is 0. The largest absolute Gasteiger partial charge is 0.289 e. The van der Waals surface area contributed by atoms with Crippen molar-refractivity contribution in [3.63, 3.8) is 0 Å². The van der Waals surface area contributed by atoms with Gasteiger partial charge < -0.3 is 0 Å². The normalized spacial score (nSPS) is 14.8. The number of ketones is 2. The summed E-state index contributed by atoms with van der Waals surface area (Å²) in [6.07, 6.45) is 10.2. The van der Waals surface area contributed by atoms with Crippen molar-refractivity contribution >= 4 is 93.5 Å². The maximum absolute atomic E-state index is 13.9. The molecule has 0 atom stereocenters. The molecule has 0 fully saturated rings. The lowest BCUT2D eigenvalue weighted by Gasteiger charge is -2.36. The SMILES string of the molecule is Cc1ccc(C2(c3ccc(C)cc3)c3cc(-c4nc5sc(/C=C6\C(=O)c7ccccc7C6=C(C#N)C#N)nc5s4)ccc3-c3cc4c(cc32)-c2ccc(-c3nc5sc(CCCCCCC/C=C6\C(=O)c7ccccc7C6=C(C#N)C#N)nc5s3)cc2C4(c2ccc(C)cc2)c2ccc(C)cc2)cc1. The van der Waals surface area contributed by atoms with Crippen molar-refractivity contribution in [2.45, 2.75) is 83.5 Å². The van der Waals surface area contributed by atoms with Gasteiger partial charge in [0.1, 0.15) is 50.4 Å². The Labute approximate surface area is 612 Å². The van der Waals surface area contributed by atoms with Gasteiger partial charge in [0.25, 0.3) is 0 Å². The van der Waals surface area contributed by atoms with Gasteiger partial charge in [-0.2, -0.15) is 21.0 Å². The third-order valence-electron chi connectivity index (χ3n) is 20.9. The Balaban J connectivity index is 0.728. The second kappa shape index (κ2) is 25.7. The van der Waals surface area contributed by atoms with Crippen LogP contribution in [0.3, 0.4) is 0 Å². The molecule has 13 aromatic rings. The molecule has 0 radical (unpaired) electrons. The lowest BCUT2D eigenvalue weighted by molar-refractivity contribution is 0.103. The minimum Gasteiger partial charge on any atom is -0.289 e. The molecule has 17 rings (SSSR count). The molecule has 4 aliphatic rings. The predicted octanol–water partition coefficient (Wildman–Crippen LogP) is 21.7. The van der Waals surface area contributed by atoms with E-state index >= 15 is 0 Å². The molecule has 492 valence electrons. The van der Waals surface area contributed by atoms with E-state index in [0.717, 1.165) is 117 Å². The van der Waals surface area contributed by atoms with Crippen LogP contribution >= 0.6 is 45.3 Å². The number of aryl methyl sites for hydroxylation is 5. The smallest absolute Gasteiger partial charge is 0.194 e. The number of carbonyl (C=O) groups is 2. The zero-order chi connectivity index (χ0) is 70.4. The number of nitrogens with zero attached hydrogens (tertiary/aromatic N) is 8. The summed E-state index contributed by atoms with van der Waals surface area (Å²) in [6.45, 7) is 8.60. The van der Waals surface area contributed by atoms with Crippen LogP contribution in [0.25, 0.3) is 79.9 Å². The number of fused-ring (bicyclic) bond motifs is 10. The summed E-state index contributed by atoms with van der Waals surface area (Å²) in [5.41, 5.74) is 22.8. The number of carbonyl (C=O) groups excluding carboxylic acids is 2. The molecule has 4 aliphatic carbocycles. The van der Waals surface area contributed by atoms with Crippen LogP contribution in [0.5, 0.6) is 0 Å². The molecule has 14 heteroatoms. The van der Waals surface area contributed by atoms with Crippen molar-refractivity contribution in [1.82, 2.24) is 19.9 Å². The van der Waals surface area contributed by atoms with Gasteiger partial charge >= 0.3 is 0 Å². The van der Waals surface area contributed by atoms with Crippen molar-refractivity contribution in [3.05, 3.63) is 322 Å². The van der Waals surface area contributed by atoms with E-state index in [9.17, 15) is 30.6 Å². The zero-order valence-electron chi connectivity index (χ0n) is 56.6. The van der Waals surface area contributed by atoms with E-state index in [1.165, 1.54) is 78.3 Å². The standard InChI is InChI=1S/C89H60N8O2S4/c1-50-21-31-58(32-22-50)88(59-33-23-51(2)24-34-59)72-41-54(82-96-86-84(102-82)94-76(100-86)20-10-8-6-5-7-9-19-68-78(56(46-90)47-91)64-15-11-13-17-66(64)80(68)98)29-39-62(72)69-43-75-70(44-74(69)88)63-40-30-55(42-73(63)89(75,60-35-25-52(3)26-36-60)61-37-27-53(4)28-38-61)83-97-87-85(103-83)95-77(101-87)45-71-79(57(48-92)49-93)65-16-12-14-18-67(65)81(71)99/h11-19,21-45H,5-10,20H2,1-4H3/b68-19-,71-45-. The Bertz CT molecular complexity index is 5920. The van der Waals surface area contributed by atoms with Gasteiger partial charge in [-0.3, -0.25) is 9.59 Å². The van der Waals surface area contributed by atoms with Crippen molar-refractivity contribution in [3.8, 4) is 67.7 Å². The van der Waals surface area contributed by atoms with Gasteiger partial charge in [-0.05, 0) is 162 Å². The molecule has 4 aromatic heterocycles. The highest BCUT2D eigenvalue weighted by Gasteiger charge is 2.52. The van der Waals surface area contributed by atoms with E-state index < -0.39 is 10.8 Å². The fourth-order valence-electron chi connectivity index (χ4n) is 16.0. The Morgan fingerprint density at radius 3 is 1.22 bits per heavy atom. The summed E-state index contributed by atoms with van der Waals surface area (Å²) in [4.78, 5) is 51.5. The van der Waals surface area contributed by atoms with E-state index in [1.807, 2.05) is 48.6 Å². The van der Waals surface area contributed by atoms with Crippen LogP contribution in [0.4, 0.5) is 0 Å². The molecule has 0 bridgehead atoms. The lowest BCUT2D eigenvalue weighted by Crippen LogP contribution is -2.30. The minimum atomic E-state index is -0.789. The third kappa shape index (κ3) is 10.5. The molecule has 0 saturated heterocycles. The number of hydrogen-bond donors (Lipinski definition) is 0.